The Morgan fingerprint density at radius 1 is 1.43 bits per heavy atom. The van der Waals surface area contributed by atoms with Gasteiger partial charge in [0, 0.05) is 31.7 Å². The van der Waals surface area contributed by atoms with Gasteiger partial charge in [0.1, 0.15) is 6.20 Å². The van der Waals surface area contributed by atoms with Gasteiger partial charge < -0.3 is 20.3 Å². The topological polar surface area (TPSA) is 75.7 Å². The summed E-state index contributed by atoms with van der Waals surface area (Å²) in [7, 11) is 3.99. The highest BCUT2D eigenvalue weighted by Crippen LogP contribution is 2.28. The van der Waals surface area contributed by atoms with Crippen molar-refractivity contribution in [1.82, 2.24) is 9.38 Å². The lowest BCUT2D eigenvalue weighted by Crippen LogP contribution is -2.10. The average Bonchev–Trinajstić information content (AvgIpc) is 3.05. The van der Waals surface area contributed by atoms with Crippen LogP contribution in [0, 0.1) is 17.0 Å². The summed E-state index contributed by atoms with van der Waals surface area (Å²) < 4.78 is 1.50. The molecule has 3 aromatic rings. The number of imidazole rings is 1. The van der Waals surface area contributed by atoms with E-state index in [0.29, 0.717) is 17.3 Å². The lowest BCUT2D eigenvalue weighted by molar-refractivity contribution is -0.389. The molecule has 2 heterocycles. The summed E-state index contributed by atoms with van der Waals surface area (Å²) >= 11 is 1.37. The van der Waals surface area contributed by atoms with Crippen LogP contribution in [0.2, 0.25) is 0 Å². The van der Waals surface area contributed by atoms with Gasteiger partial charge in [-0.2, -0.15) is 9.38 Å². The predicted octanol–water partition coefficient (Wildman–Crippen LogP) is 3.29. The van der Waals surface area contributed by atoms with Crippen LogP contribution in [-0.2, 0) is 6.54 Å². The second-order valence-corrected chi connectivity index (χ2v) is 6.33. The highest BCUT2D eigenvalue weighted by molar-refractivity contribution is 7.15. The van der Waals surface area contributed by atoms with E-state index in [2.05, 4.69) is 16.4 Å². The van der Waals surface area contributed by atoms with E-state index in [1.165, 1.54) is 15.7 Å². The molecule has 0 aliphatic heterocycles. The zero-order valence-electron chi connectivity index (χ0n) is 13.1. The lowest BCUT2D eigenvalue weighted by Gasteiger charge is -2.15. The minimum Gasteiger partial charge on any atom is -0.378 e. The normalized spacial score (nSPS) is 10.9. The van der Waals surface area contributed by atoms with Crippen LogP contribution in [0.5, 0.6) is 0 Å². The molecule has 8 heteroatoms. The number of aromatic nitrogens is 2. The molecule has 0 radical (unpaired) electrons. The number of hydrogen-bond donors (Lipinski definition) is 1. The maximum Gasteiger partial charge on any atom is 0.372 e. The van der Waals surface area contributed by atoms with Crippen molar-refractivity contribution >= 4 is 33.6 Å². The molecule has 0 atom stereocenters. The van der Waals surface area contributed by atoms with E-state index in [1.54, 1.807) is 11.6 Å². The van der Waals surface area contributed by atoms with E-state index in [4.69, 9.17) is 0 Å². The summed E-state index contributed by atoms with van der Waals surface area (Å²) in [6, 6.07) is 6.16. The number of nitrogens with zero attached hydrogens (tertiary/aromatic N) is 4. The van der Waals surface area contributed by atoms with Crippen molar-refractivity contribution < 1.29 is 4.92 Å². The predicted molar refractivity (Wildman–Crippen MR) is 92.6 cm³/mol. The van der Waals surface area contributed by atoms with Crippen LogP contribution in [0.1, 0.15) is 11.1 Å². The SMILES string of the molecule is Cc1cc(N(C)C)ccc1CNc1nc2sccn2c1[N+](=O)[O-]. The second kappa shape index (κ2) is 5.88. The molecule has 3 rings (SSSR count). The Balaban J connectivity index is 1.85. The summed E-state index contributed by atoms with van der Waals surface area (Å²) in [4.78, 5) is 17.8. The van der Waals surface area contributed by atoms with Gasteiger partial charge >= 0.3 is 5.82 Å². The Hall–Kier alpha value is -2.61. The molecule has 120 valence electrons. The van der Waals surface area contributed by atoms with Crippen LogP contribution in [0.4, 0.5) is 17.3 Å². The number of anilines is 2. The lowest BCUT2D eigenvalue weighted by atomic mass is 10.1. The molecular weight excluding hydrogens is 314 g/mol. The number of fused-ring (bicyclic) bond motifs is 1. The first-order chi connectivity index (χ1) is 11.0. The maximum atomic E-state index is 11.3. The first-order valence-corrected chi connectivity index (χ1v) is 7.96. The minimum absolute atomic E-state index is 0.0242. The van der Waals surface area contributed by atoms with Gasteiger partial charge in [-0.3, -0.25) is 0 Å². The van der Waals surface area contributed by atoms with Gasteiger partial charge in [0.15, 0.2) is 0 Å². The Morgan fingerprint density at radius 3 is 2.87 bits per heavy atom. The number of rotatable bonds is 5. The number of hydrogen-bond acceptors (Lipinski definition) is 6. The van der Waals surface area contributed by atoms with Crippen molar-refractivity contribution in [3.05, 3.63) is 51.0 Å². The molecule has 7 nitrogen and oxygen atoms in total. The summed E-state index contributed by atoms with van der Waals surface area (Å²) in [6.07, 6.45) is 1.66. The maximum absolute atomic E-state index is 11.3. The third kappa shape index (κ3) is 2.85. The highest BCUT2D eigenvalue weighted by atomic mass is 32.1. The molecule has 0 saturated heterocycles. The Labute approximate surface area is 137 Å². The van der Waals surface area contributed by atoms with Crippen molar-refractivity contribution in [2.24, 2.45) is 0 Å². The van der Waals surface area contributed by atoms with Crippen LogP contribution >= 0.6 is 11.3 Å². The second-order valence-electron chi connectivity index (χ2n) is 5.46. The molecule has 2 aromatic heterocycles. The highest BCUT2D eigenvalue weighted by Gasteiger charge is 2.23. The Morgan fingerprint density at radius 2 is 2.22 bits per heavy atom. The molecular formula is C15H17N5O2S. The molecule has 0 aliphatic rings. The summed E-state index contributed by atoms with van der Waals surface area (Å²) in [5.41, 5.74) is 3.34. The number of thiazole rings is 1. The minimum atomic E-state index is -0.406. The van der Waals surface area contributed by atoms with E-state index < -0.39 is 4.92 Å². The van der Waals surface area contributed by atoms with Crippen molar-refractivity contribution in [1.29, 1.82) is 0 Å². The first-order valence-electron chi connectivity index (χ1n) is 7.08. The molecule has 23 heavy (non-hydrogen) atoms. The zero-order chi connectivity index (χ0) is 16.6. The number of benzene rings is 1. The summed E-state index contributed by atoms with van der Waals surface area (Å²) in [5, 5.41) is 16.2. The van der Waals surface area contributed by atoms with Gasteiger partial charge in [-0.15, -0.1) is 0 Å². The molecule has 0 aliphatic carbocycles. The van der Waals surface area contributed by atoms with Gasteiger partial charge in [-0.05, 0) is 35.1 Å². The fourth-order valence-electron chi connectivity index (χ4n) is 2.40. The zero-order valence-corrected chi connectivity index (χ0v) is 13.9. The Kier molecular flexibility index (Phi) is 3.91. The van der Waals surface area contributed by atoms with Crippen LogP contribution in [0.15, 0.2) is 29.8 Å². The first kappa shape index (κ1) is 15.3. The van der Waals surface area contributed by atoms with Gasteiger partial charge in [-0.25, -0.2) is 0 Å². The molecule has 1 aromatic carbocycles. The van der Waals surface area contributed by atoms with Gasteiger partial charge in [0.2, 0.25) is 5.82 Å². The number of nitrogens with one attached hydrogen (secondary N) is 1. The fourth-order valence-corrected chi connectivity index (χ4v) is 3.11. The van der Waals surface area contributed by atoms with Crippen LogP contribution < -0.4 is 10.2 Å². The molecule has 0 fully saturated rings. The Bertz CT molecular complexity index is 868. The van der Waals surface area contributed by atoms with Gasteiger partial charge in [0.25, 0.3) is 4.96 Å². The van der Waals surface area contributed by atoms with E-state index >= 15 is 0 Å². The van der Waals surface area contributed by atoms with Crippen LogP contribution in [0.3, 0.4) is 0 Å². The van der Waals surface area contributed by atoms with Crippen molar-refractivity contribution in [3.8, 4) is 0 Å². The van der Waals surface area contributed by atoms with Gasteiger partial charge in [-0.1, -0.05) is 17.4 Å². The van der Waals surface area contributed by atoms with Crippen molar-refractivity contribution in [2.45, 2.75) is 13.5 Å². The quantitative estimate of drug-likeness (QED) is 0.573. The number of nitro groups is 1. The largest absolute Gasteiger partial charge is 0.378 e. The van der Waals surface area contributed by atoms with Crippen molar-refractivity contribution in [3.63, 3.8) is 0 Å². The van der Waals surface area contributed by atoms with E-state index in [0.717, 1.165) is 16.8 Å². The fraction of sp³-hybridized carbons (Fsp3) is 0.267. The summed E-state index contributed by atoms with van der Waals surface area (Å²) in [6.45, 7) is 2.52. The average molecular weight is 331 g/mol. The third-order valence-electron chi connectivity index (χ3n) is 3.70. The molecule has 0 amide bonds. The molecule has 0 unspecified atom stereocenters. The number of aryl methyl sites for hydroxylation is 1. The standard InChI is InChI=1S/C15H17N5O2S/c1-10-8-12(18(2)3)5-4-11(10)9-16-13-14(20(21)22)19-6-7-23-15(19)17-13/h4-8,16H,9H2,1-3H3. The van der Waals surface area contributed by atoms with Crippen molar-refractivity contribution in [2.75, 3.05) is 24.3 Å². The van der Waals surface area contributed by atoms with E-state index in [1.807, 2.05) is 38.1 Å². The van der Waals surface area contributed by atoms with Gasteiger partial charge in [0.05, 0.1) is 0 Å². The third-order valence-corrected chi connectivity index (χ3v) is 4.46. The molecule has 0 spiro atoms. The smallest absolute Gasteiger partial charge is 0.372 e. The van der Waals surface area contributed by atoms with E-state index in [9.17, 15) is 10.1 Å². The van der Waals surface area contributed by atoms with Crippen LogP contribution in [-0.4, -0.2) is 28.4 Å². The molecule has 0 saturated carbocycles. The molecule has 1 N–H and O–H groups in total. The summed E-state index contributed by atoms with van der Waals surface area (Å²) in [5.74, 6) is 0.279. The van der Waals surface area contributed by atoms with E-state index in [-0.39, 0.29) is 5.82 Å². The monoisotopic (exact) mass is 331 g/mol. The van der Waals surface area contributed by atoms with Crippen LogP contribution in [0.25, 0.3) is 4.96 Å². The molecule has 0 bridgehead atoms.